The standard InChI is InChI=1S/C14H11F3N4/c15-14(16,17)11-5-3-9(4-6-11)12-19-13-10(8-18)2-1-7-21(13)20-12/h1-7H,8,18H2. The Labute approximate surface area is 118 Å². The Morgan fingerprint density at radius 2 is 1.81 bits per heavy atom. The fraction of sp³-hybridized carbons (Fsp3) is 0.143. The molecule has 1 aromatic carbocycles. The van der Waals surface area contributed by atoms with E-state index in [0.29, 0.717) is 23.6 Å². The molecule has 0 spiro atoms. The molecule has 2 heterocycles. The van der Waals surface area contributed by atoms with Crippen molar-refractivity contribution in [3.05, 3.63) is 53.7 Å². The highest BCUT2D eigenvalue weighted by Crippen LogP contribution is 2.30. The number of hydrogen-bond acceptors (Lipinski definition) is 3. The fourth-order valence-corrected chi connectivity index (χ4v) is 2.05. The van der Waals surface area contributed by atoms with Gasteiger partial charge < -0.3 is 5.73 Å². The van der Waals surface area contributed by atoms with E-state index in [1.165, 1.54) is 12.1 Å². The van der Waals surface area contributed by atoms with Crippen molar-refractivity contribution in [2.45, 2.75) is 12.7 Å². The molecule has 4 nitrogen and oxygen atoms in total. The molecule has 0 atom stereocenters. The molecule has 0 unspecified atom stereocenters. The first-order valence-electron chi connectivity index (χ1n) is 6.21. The van der Waals surface area contributed by atoms with Crippen molar-refractivity contribution in [3.63, 3.8) is 0 Å². The summed E-state index contributed by atoms with van der Waals surface area (Å²) in [6, 6.07) is 8.39. The lowest BCUT2D eigenvalue weighted by Gasteiger charge is -2.05. The van der Waals surface area contributed by atoms with E-state index in [4.69, 9.17) is 5.73 Å². The molecule has 0 saturated heterocycles. The lowest BCUT2D eigenvalue weighted by Crippen LogP contribution is -2.04. The molecule has 3 aromatic rings. The van der Waals surface area contributed by atoms with Crippen molar-refractivity contribution in [2.75, 3.05) is 0 Å². The smallest absolute Gasteiger partial charge is 0.326 e. The van der Waals surface area contributed by atoms with Crippen LogP contribution in [0.5, 0.6) is 0 Å². The molecule has 2 N–H and O–H groups in total. The summed E-state index contributed by atoms with van der Waals surface area (Å²) < 4.78 is 39.2. The van der Waals surface area contributed by atoms with E-state index >= 15 is 0 Å². The lowest BCUT2D eigenvalue weighted by molar-refractivity contribution is -0.137. The first kappa shape index (κ1) is 13.6. The largest absolute Gasteiger partial charge is 0.416 e. The van der Waals surface area contributed by atoms with Crippen molar-refractivity contribution in [3.8, 4) is 11.4 Å². The molecule has 2 aromatic heterocycles. The lowest BCUT2D eigenvalue weighted by atomic mass is 10.1. The molecule has 7 heteroatoms. The van der Waals surface area contributed by atoms with Crippen molar-refractivity contribution in [1.29, 1.82) is 0 Å². The van der Waals surface area contributed by atoms with E-state index < -0.39 is 11.7 Å². The number of benzene rings is 1. The van der Waals surface area contributed by atoms with Gasteiger partial charge in [0.1, 0.15) is 0 Å². The third-order valence-corrected chi connectivity index (χ3v) is 3.13. The van der Waals surface area contributed by atoms with Crippen molar-refractivity contribution < 1.29 is 13.2 Å². The van der Waals surface area contributed by atoms with Crippen molar-refractivity contribution in [1.82, 2.24) is 14.6 Å². The summed E-state index contributed by atoms with van der Waals surface area (Å²) in [5.74, 6) is 0.365. The van der Waals surface area contributed by atoms with Gasteiger partial charge in [-0.15, -0.1) is 5.10 Å². The average Bonchev–Trinajstić information content (AvgIpc) is 2.90. The summed E-state index contributed by atoms with van der Waals surface area (Å²) >= 11 is 0. The van der Waals surface area contributed by atoms with Crippen LogP contribution in [-0.2, 0) is 12.7 Å². The minimum Gasteiger partial charge on any atom is -0.326 e. The molecule has 0 amide bonds. The molecule has 108 valence electrons. The maximum Gasteiger partial charge on any atom is 0.416 e. The Hall–Kier alpha value is -2.41. The highest BCUT2D eigenvalue weighted by atomic mass is 19.4. The normalized spacial score (nSPS) is 12.0. The summed E-state index contributed by atoms with van der Waals surface area (Å²) in [4.78, 5) is 4.34. The van der Waals surface area contributed by atoms with Crippen LogP contribution in [0.4, 0.5) is 13.2 Å². The summed E-state index contributed by atoms with van der Waals surface area (Å²) in [6.07, 6.45) is -2.63. The number of alkyl halides is 3. The van der Waals surface area contributed by atoms with E-state index in [1.54, 1.807) is 16.8 Å². The SMILES string of the molecule is NCc1cccn2nc(-c3ccc(C(F)(F)F)cc3)nc12. The Balaban J connectivity index is 2.04. The number of aromatic nitrogens is 3. The summed E-state index contributed by atoms with van der Waals surface area (Å²) in [6.45, 7) is 0.315. The summed E-state index contributed by atoms with van der Waals surface area (Å²) in [5.41, 5.74) is 6.88. The van der Waals surface area contributed by atoms with Gasteiger partial charge in [0, 0.05) is 23.9 Å². The Morgan fingerprint density at radius 3 is 2.43 bits per heavy atom. The van der Waals surface area contributed by atoms with Crippen LogP contribution in [0, 0.1) is 0 Å². The Bertz CT molecular complexity index is 775. The minimum atomic E-state index is -4.35. The van der Waals surface area contributed by atoms with Crippen LogP contribution in [0.2, 0.25) is 0 Å². The van der Waals surface area contributed by atoms with Crippen LogP contribution < -0.4 is 5.73 Å². The van der Waals surface area contributed by atoms with Gasteiger partial charge >= 0.3 is 6.18 Å². The van der Waals surface area contributed by atoms with E-state index in [1.807, 2.05) is 6.07 Å². The Kier molecular flexibility index (Phi) is 3.13. The Morgan fingerprint density at radius 1 is 1.10 bits per heavy atom. The molecule has 0 bridgehead atoms. The second kappa shape index (κ2) is 4.85. The third kappa shape index (κ3) is 2.47. The maximum absolute atomic E-state index is 12.5. The molecule has 0 radical (unpaired) electrons. The second-order valence-corrected chi connectivity index (χ2v) is 4.52. The molecule has 3 rings (SSSR count). The van der Waals surface area contributed by atoms with Gasteiger partial charge in [-0.25, -0.2) is 9.50 Å². The van der Waals surface area contributed by atoms with Crippen molar-refractivity contribution in [2.24, 2.45) is 5.73 Å². The van der Waals surface area contributed by atoms with Crippen LogP contribution in [0.25, 0.3) is 17.0 Å². The highest BCUT2D eigenvalue weighted by Gasteiger charge is 2.30. The number of pyridine rings is 1. The predicted molar refractivity (Wildman–Crippen MR) is 71.3 cm³/mol. The molecule has 0 aliphatic carbocycles. The van der Waals surface area contributed by atoms with Gasteiger partial charge in [0.05, 0.1) is 5.56 Å². The third-order valence-electron chi connectivity index (χ3n) is 3.13. The first-order valence-corrected chi connectivity index (χ1v) is 6.21. The summed E-state index contributed by atoms with van der Waals surface area (Å²) in [5, 5.41) is 4.25. The average molecular weight is 292 g/mol. The number of nitrogens with zero attached hydrogens (tertiary/aromatic N) is 3. The maximum atomic E-state index is 12.5. The molecule has 0 aliphatic rings. The van der Waals surface area contributed by atoms with Gasteiger partial charge in [0.2, 0.25) is 0 Å². The first-order chi connectivity index (χ1) is 9.99. The van der Waals surface area contributed by atoms with Gasteiger partial charge in [-0.3, -0.25) is 0 Å². The van der Waals surface area contributed by atoms with Crippen LogP contribution in [-0.4, -0.2) is 14.6 Å². The fourth-order valence-electron chi connectivity index (χ4n) is 2.05. The zero-order valence-electron chi connectivity index (χ0n) is 10.8. The van der Waals surface area contributed by atoms with Gasteiger partial charge in [0.25, 0.3) is 0 Å². The van der Waals surface area contributed by atoms with Gasteiger partial charge in [0.15, 0.2) is 11.5 Å². The number of nitrogens with two attached hydrogens (primary N) is 1. The number of halogens is 3. The van der Waals surface area contributed by atoms with E-state index in [0.717, 1.165) is 17.7 Å². The monoisotopic (exact) mass is 292 g/mol. The molecule has 0 fully saturated rings. The van der Waals surface area contributed by atoms with Crippen LogP contribution in [0.1, 0.15) is 11.1 Å². The van der Waals surface area contributed by atoms with Gasteiger partial charge in [-0.05, 0) is 18.2 Å². The molecular formula is C14H11F3N4. The topological polar surface area (TPSA) is 56.2 Å². The molecule has 0 saturated carbocycles. The van der Waals surface area contributed by atoms with Gasteiger partial charge in [-0.1, -0.05) is 18.2 Å². The number of fused-ring (bicyclic) bond motifs is 1. The molecular weight excluding hydrogens is 281 g/mol. The van der Waals surface area contributed by atoms with Crippen LogP contribution in [0.15, 0.2) is 42.6 Å². The minimum absolute atomic E-state index is 0.315. The van der Waals surface area contributed by atoms with Gasteiger partial charge in [-0.2, -0.15) is 13.2 Å². The molecule has 21 heavy (non-hydrogen) atoms. The zero-order valence-corrected chi connectivity index (χ0v) is 10.8. The number of rotatable bonds is 2. The van der Waals surface area contributed by atoms with E-state index in [9.17, 15) is 13.2 Å². The summed E-state index contributed by atoms with van der Waals surface area (Å²) in [7, 11) is 0. The molecule has 0 aliphatic heterocycles. The zero-order chi connectivity index (χ0) is 15.0. The quantitative estimate of drug-likeness (QED) is 0.790. The second-order valence-electron chi connectivity index (χ2n) is 4.52. The predicted octanol–water partition coefficient (Wildman–Crippen LogP) is 2.87. The van der Waals surface area contributed by atoms with Crippen LogP contribution in [0.3, 0.4) is 0 Å². The van der Waals surface area contributed by atoms with E-state index in [-0.39, 0.29) is 0 Å². The number of hydrogen-bond donors (Lipinski definition) is 1. The van der Waals surface area contributed by atoms with Crippen LogP contribution >= 0.6 is 0 Å². The van der Waals surface area contributed by atoms with E-state index in [2.05, 4.69) is 10.1 Å². The highest BCUT2D eigenvalue weighted by molar-refractivity contribution is 5.60. The van der Waals surface area contributed by atoms with Crippen molar-refractivity contribution >= 4 is 5.65 Å².